The molecule has 1 N–H and O–H groups in total. The Kier molecular flexibility index (Phi) is 4.66. The molecule has 4 nitrogen and oxygen atoms in total. The molecular weight excluding hydrogens is 240 g/mol. The Balaban J connectivity index is 2.10. The normalized spacial score (nSPS) is 19.2. The molecule has 1 heterocycles. The highest BCUT2D eigenvalue weighted by Crippen LogP contribution is 2.32. The highest BCUT2D eigenvalue weighted by atomic mass is 16.5. The first-order valence-corrected chi connectivity index (χ1v) is 6.86. The Morgan fingerprint density at radius 2 is 2.26 bits per heavy atom. The van der Waals surface area contributed by atoms with Gasteiger partial charge in [-0.3, -0.25) is 4.90 Å². The quantitative estimate of drug-likeness (QED) is 0.874. The highest BCUT2D eigenvalue weighted by molar-refractivity contribution is 5.60. The number of methoxy groups -OCH3 is 1. The molecule has 0 radical (unpaired) electrons. The van der Waals surface area contributed by atoms with Crippen LogP contribution in [0, 0.1) is 6.92 Å². The topological polar surface area (TPSA) is 35.9 Å². The van der Waals surface area contributed by atoms with Crippen LogP contribution in [0.1, 0.15) is 12.0 Å². The molecule has 1 unspecified atom stereocenters. The number of rotatable bonds is 5. The van der Waals surface area contributed by atoms with E-state index >= 15 is 0 Å². The first kappa shape index (κ1) is 14.2. The molecule has 4 heteroatoms. The molecule has 19 heavy (non-hydrogen) atoms. The van der Waals surface area contributed by atoms with Gasteiger partial charge < -0.3 is 14.7 Å². The predicted octanol–water partition coefficient (Wildman–Crippen LogP) is 1.51. The van der Waals surface area contributed by atoms with Gasteiger partial charge in [-0.15, -0.1) is 0 Å². The number of benzene rings is 1. The highest BCUT2D eigenvalue weighted by Gasteiger charge is 2.27. The van der Waals surface area contributed by atoms with Gasteiger partial charge in [-0.05, 0) is 38.1 Å². The van der Waals surface area contributed by atoms with Crippen LogP contribution >= 0.6 is 0 Å². The SMILES string of the molecule is COc1ccc(C)cc1N1CCC(N(C)CCO)C1. The fraction of sp³-hybridized carbons (Fsp3) is 0.600. The van der Waals surface area contributed by atoms with E-state index in [9.17, 15) is 0 Å². The van der Waals surface area contributed by atoms with E-state index in [4.69, 9.17) is 9.84 Å². The maximum Gasteiger partial charge on any atom is 0.142 e. The van der Waals surface area contributed by atoms with Crippen LogP contribution in [0.25, 0.3) is 0 Å². The third kappa shape index (κ3) is 3.19. The lowest BCUT2D eigenvalue weighted by atomic mass is 10.2. The van der Waals surface area contributed by atoms with E-state index in [1.54, 1.807) is 7.11 Å². The summed E-state index contributed by atoms with van der Waals surface area (Å²) in [6.07, 6.45) is 1.13. The van der Waals surface area contributed by atoms with Crippen LogP contribution < -0.4 is 9.64 Å². The van der Waals surface area contributed by atoms with Gasteiger partial charge in [-0.1, -0.05) is 6.07 Å². The van der Waals surface area contributed by atoms with Crippen molar-refractivity contribution in [3.63, 3.8) is 0 Å². The number of aliphatic hydroxyl groups is 1. The number of aryl methyl sites for hydroxylation is 1. The summed E-state index contributed by atoms with van der Waals surface area (Å²) < 4.78 is 5.46. The molecule has 1 aliphatic heterocycles. The van der Waals surface area contributed by atoms with Gasteiger partial charge in [0.2, 0.25) is 0 Å². The largest absolute Gasteiger partial charge is 0.495 e. The number of nitrogens with zero attached hydrogens (tertiary/aromatic N) is 2. The summed E-state index contributed by atoms with van der Waals surface area (Å²) in [5.41, 5.74) is 2.44. The first-order chi connectivity index (χ1) is 9.15. The van der Waals surface area contributed by atoms with Crippen molar-refractivity contribution in [2.75, 3.05) is 45.3 Å². The molecule has 0 spiro atoms. The van der Waals surface area contributed by atoms with Crippen molar-refractivity contribution in [2.24, 2.45) is 0 Å². The lowest BCUT2D eigenvalue weighted by Crippen LogP contribution is -2.36. The molecule has 1 saturated heterocycles. The van der Waals surface area contributed by atoms with Crippen molar-refractivity contribution in [3.05, 3.63) is 23.8 Å². The van der Waals surface area contributed by atoms with Crippen molar-refractivity contribution < 1.29 is 9.84 Å². The van der Waals surface area contributed by atoms with E-state index in [0.29, 0.717) is 6.04 Å². The van der Waals surface area contributed by atoms with Crippen LogP contribution in [0.2, 0.25) is 0 Å². The number of ether oxygens (including phenoxy) is 1. The molecular formula is C15H24N2O2. The fourth-order valence-corrected chi connectivity index (χ4v) is 2.71. The summed E-state index contributed by atoms with van der Waals surface area (Å²) in [4.78, 5) is 4.62. The fourth-order valence-electron chi connectivity index (χ4n) is 2.71. The van der Waals surface area contributed by atoms with Gasteiger partial charge in [0.1, 0.15) is 5.75 Å². The summed E-state index contributed by atoms with van der Waals surface area (Å²) in [5, 5.41) is 9.02. The number of hydrogen-bond donors (Lipinski definition) is 1. The first-order valence-electron chi connectivity index (χ1n) is 6.86. The van der Waals surface area contributed by atoms with Gasteiger partial charge in [0, 0.05) is 25.7 Å². The summed E-state index contributed by atoms with van der Waals surface area (Å²) in [7, 11) is 3.80. The van der Waals surface area contributed by atoms with Crippen molar-refractivity contribution in [2.45, 2.75) is 19.4 Å². The maximum absolute atomic E-state index is 9.02. The summed E-state index contributed by atoms with van der Waals surface area (Å²) in [6.45, 7) is 5.11. The van der Waals surface area contributed by atoms with Crippen molar-refractivity contribution in [1.29, 1.82) is 0 Å². The van der Waals surface area contributed by atoms with E-state index in [1.165, 1.54) is 11.3 Å². The van der Waals surface area contributed by atoms with Crippen molar-refractivity contribution in [3.8, 4) is 5.75 Å². The minimum Gasteiger partial charge on any atom is -0.495 e. The predicted molar refractivity (Wildman–Crippen MR) is 78.1 cm³/mol. The van der Waals surface area contributed by atoms with Gasteiger partial charge in [-0.25, -0.2) is 0 Å². The Morgan fingerprint density at radius 1 is 1.47 bits per heavy atom. The van der Waals surface area contributed by atoms with Crippen LogP contribution in [-0.2, 0) is 0 Å². The second-order valence-corrected chi connectivity index (χ2v) is 5.27. The summed E-state index contributed by atoms with van der Waals surface area (Å²) >= 11 is 0. The zero-order chi connectivity index (χ0) is 13.8. The number of hydrogen-bond acceptors (Lipinski definition) is 4. The molecule has 2 rings (SSSR count). The lowest BCUT2D eigenvalue weighted by molar-refractivity contribution is 0.188. The van der Waals surface area contributed by atoms with Crippen LogP contribution in [0.3, 0.4) is 0 Å². The van der Waals surface area contributed by atoms with Crippen molar-refractivity contribution in [1.82, 2.24) is 4.90 Å². The van der Waals surface area contributed by atoms with Gasteiger partial charge >= 0.3 is 0 Å². The van der Waals surface area contributed by atoms with E-state index in [1.807, 2.05) is 6.07 Å². The average molecular weight is 264 g/mol. The minimum atomic E-state index is 0.223. The number of aliphatic hydroxyl groups excluding tert-OH is 1. The minimum absolute atomic E-state index is 0.223. The van der Waals surface area contributed by atoms with Gasteiger partial charge in [0.05, 0.1) is 19.4 Å². The summed E-state index contributed by atoms with van der Waals surface area (Å²) in [5.74, 6) is 0.941. The molecule has 0 saturated carbocycles. The number of likely N-dealkylation sites (N-methyl/N-ethyl adjacent to an activating group) is 1. The third-order valence-electron chi connectivity index (χ3n) is 3.91. The molecule has 1 fully saturated rings. The van der Waals surface area contributed by atoms with Crippen molar-refractivity contribution >= 4 is 5.69 Å². The van der Waals surface area contributed by atoms with Gasteiger partial charge in [0.15, 0.2) is 0 Å². The van der Waals surface area contributed by atoms with E-state index in [0.717, 1.165) is 31.8 Å². The van der Waals surface area contributed by atoms with E-state index in [2.05, 4.69) is 35.9 Å². The smallest absolute Gasteiger partial charge is 0.142 e. The molecule has 1 aromatic rings. The number of anilines is 1. The Bertz CT molecular complexity index is 423. The van der Waals surface area contributed by atoms with Crippen LogP contribution in [-0.4, -0.2) is 56.4 Å². The van der Waals surface area contributed by atoms with Gasteiger partial charge in [0.25, 0.3) is 0 Å². The van der Waals surface area contributed by atoms with Crippen LogP contribution in [0.5, 0.6) is 5.75 Å². The molecule has 1 atom stereocenters. The Labute approximate surface area is 115 Å². The van der Waals surface area contributed by atoms with E-state index in [-0.39, 0.29) is 6.61 Å². The zero-order valence-electron chi connectivity index (χ0n) is 12.1. The lowest BCUT2D eigenvalue weighted by Gasteiger charge is -2.25. The second-order valence-electron chi connectivity index (χ2n) is 5.27. The molecule has 0 aliphatic carbocycles. The standard InChI is InChI=1S/C15H24N2O2/c1-12-4-5-15(19-3)14(10-12)17-7-6-13(11-17)16(2)8-9-18/h4-5,10,13,18H,6-9,11H2,1-3H3. The second kappa shape index (κ2) is 6.26. The third-order valence-corrected chi connectivity index (χ3v) is 3.91. The maximum atomic E-state index is 9.02. The monoisotopic (exact) mass is 264 g/mol. The Morgan fingerprint density at radius 3 is 2.95 bits per heavy atom. The zero-order valence-corrected chi connectivity index (χ0v) is 12.1. The van der Waals surface area contributed by atoms with Crippen LogP contribution in [0.15, 0.2) is 18.2 Å². The summed E-state index contributed by atoms with van der Waals surface area (Å²) in [6, 6.07) is 6.81. The van der Waals surface area contributed by atoms with E-state index < -0.39 is 0 Å². The molecule has 1 aromatic carbocycles. The molecule has 0 aromatic heterocycles. The molecule has 0 bridgehead atoms. The average Bonchev–Trinajstić information content (AvgIpc) is 2.88. The van der Waals surface area contributed by atoms with Gasteiger partial charge in [-0.2, -0.15) is 0 Å². The molecule has 1 aliphatic rings. The molecule has 106 valence electrons. The van der Waals surface area contributed by atoms with Crippen LogP contribution in [0.4, 0.5) is 5.69 Å². The molecule has 0 amide bonds. The Hall–Kier alpha value is -1.26.